The van der Waals surface area contributed by atoms with Gasteiger partial charge in [0.25, 0.3) is 0 Å². The second-order valence-corrected chi connectivity index (χ2v) is 3.15. The molecule has 0 saturated carbocycles. The second kappa shape index (κ2) is 4.61. The lowest BCUT2D eigenvalue weighted by atomic mass is 10.2. The van der Waals surface area contributed by atoms with Crippen LogP contribution in [0.25, 0.3) is 0 Å². The Morgan fingerprint density at radius 2 is 1.87 bits per heavy atom. The second-order valence-electron chi connectivity index (χ2n) is 3.15. The van der Waals surface area contributed by atoms with Crippen LogP contribution in [0.15, 0.2) is 36.8 Å². The Labute approximate surface area is 87.7 Å². The van der Waals surface area contributed by atoms with Crippen LogP contribution < -0.4 is 0 Å². The molecule has 2 rings (SSSR count). The van der Waals surface area contributed by atoms with Gasteiger partial charge in [-0.25, -0.2) is 9.97 Å². The van der Waals surface area contributed by atoms with E-state index in [9.17, 15) is 0 Å². The van der Waals surface area contributed by atoms with E-state index < -0.39 is 0 Å². The molecule has 76 valence electrons. The minimum atomic E-state index is -0.0497. The fourth-order valence-corrected chi connectivity index (χ4v) is 1.30. The van der Waals surface area contributed by atoms with E-state index in [0.29, 0.717) is 17.9 Å². The molecule has 0 aliphatic rings. The smallest absolute Gasteiger partial charge is 0.133 e. The van der Waals surface area contributed by atoms with Gasteiger partial charge in [-0.1, -0.05) is 0 Å². The van der Waals surface area contributed by atoms with Crippen LogP contribution in [-0.2, 0) is 13.0 Å². The molecule has 0 fully saturated rings. The molecule has 0 bridgehead atoms. The lowest BCUT2D eigenvalue weighted by Crippen LogP contribution is -1.99. The molecule has 0 atom stereocenters. The number of hydrogen-bond acceptors (Lipinski definition) is 4. The van der Waals surface area contributed by atoms with Gasteiger partial charge in [0.05, 0.1) is 12.3 Å². The molecule has 2 aromatic rings. The maximum atomic E-state index is 8.93. The van der Waals surface area contributed by atoms with Gasteiger partial charge in [-0.2, -0.15) is 0 Å². The number of hydrogen-bond donors (Lipinski definition) is 1. The third kappa shape index (κ3) is 2.57. The zero-order chi connectivity index (χ0) is 10.5. The van der Waals surface area contributed by atoms with Gasteiger partial charge < -0.3 is 5.11 Å². The van der Waals surface area contributed by atoms with Crippen molar-refractivity contribution >= 4 is 0 Å². The number of aromatic nitrogens is 3. The highest BCUT2D eigenvalue weighted by molar-refractivity contribution is 5.16. The van der Waals surface area contributed by atoms with E-state index in [1.807, 2.05) is 12.1 Å². The van der Waals surface area contributed by atoms with Crippen LogP contribution in [0.1, 0.15) is 17.1 Å². The van der Waals surface area contributed by atoms with Crippen molar-refractivity contribution in [2.75, 3.05) is 0 Å². The third-order valence-corrected chi connectivity index (χ3v) is 2.04. The van der Waals surface area contributed by atoms with E-state index in [-0.39, 0.29) is 6.61 Å². The molecule has 15 heavy (non-hydrogen) atoms. The Kier molecular flexibility index (Phi) is 2.99. The molecular formula is C11H11N3O. The molecule has 4 nitrogen and oxygen atoms in total. The van der Waals surface area contributed by atoms with Crippen LogP contribution in [-0.4, -0.2) is 20.1 Å². The molecule has 0 saturated heterocycles. The average Bonchev–Trinajstić information content (AvgIpc) is 2.31. The molecule has 2 aromatic heterocycles. The predicted molar refractivity (Wildman–Crippen MR) is 55.0 cm³/mol. The summed E-state index contributed by atoms with van der Waals surface area (Å²) in [6.45, 7) is -0.0497. The molecule has 0 unspecified atom stereocenters. The highest BCUT2D eigenvalue weighted by atomic mass is 16.3. The number of nitrogens with zero attached hydrogens (tertiary/aromatic N) is 3. The highest BCUT2D eigenvalue weighted by Gasteiger charge is 2.00. The molecule has 0 amide bonds. The molecule has 1 N–H and O–H groups in total. The summed E-state index contributed by atoms with van der Waals surface area (Å²) in [5, 5.41) is 8.93. The van der Waals surface area contributed by atoms with Crippen LogP contribution >= 0.6 is 0 Å². The molecule has 0 aliphatic heterocycles. The Bertz CT molecular complexity index is 431. The van der Waals surface area contributed by atoms with Crippen LogP contribution in [0.3, 0.4) is 0 Å². The van der Waals surface area contributed by atoms with Gasteiger partial charge >= 0.3 is 0 Å². The van der Waals surface area contributed by atoms with Crippen molar-refractivity contribution in [3.63, 3.8) is 0 Å². The first kappa shape index (κ1) is 9.73. The summed E-state index contributed by atoms with van der Waals surface area (Å²) in [4.78, 5) is 12.3. The summed E-state index contributed by atoms with van der Waals surface area (Å²) >= 11 is 0. The lowest BCUT2D eigenvalue weighted by Gasteiger charge is -2.01. The third-order valence-electron chi connectivity index (χ3n) is 2.04. The number of aliphatic hydroxyl groups is 1. The number of aliphatic hydroxyl groups excluding tert-OH is 1. The van der Waals surface area contributed by atoms with Gasteiger partial charge in [-0.3, -0.25) is 4.98 Å². The number of rotatable bonds is 3. The van der Waals surface area contributed by atoms with Crippen LogP contribution in [0, 0.1) is 0 Å². The Morgan fingerprint density at radius 1 is 1.07 bits per heavy atom. The minimum Gasteiger partial charge on any atom is -0.390 e. The minimum absolute atomic E-state index is 0.0497. The van der Waals surface area contributed by atoms with Gasteiger partial charge in [0.2, 0.25) is 0 Å². The largest absolute Gasteiger partial charge is 0.390 e. The average molecular weight is 201 g/mol. The van der Waals surface area contributed by atoms with Crippen molar-refractivity contribution in [3.05, 3.63) is 53.9 Å². The molecule has 0 aliphatic carbocycles. The highest BCUT2D eigenvalue weighted by Crippen LogP contribution is 2.04. The fraction of sp³-hybridized carbons (Fsp3) is 0.182. The van der Waals surface area contributed by atoms with Crippen molar-refractivity contribution in [1.29, 1.82) is 0 Å². The normalized spacial score (nSPS) is 10.2. The van der Waals surface area contributed by atoms with Crippen LogP contribution in [0.4, 0.5) is 0 Å². The Balaban J connectivity index is 2.17. The summed E-state index contributed by atoms with van der Waals surface area (Å²) in [6.07, 6.45) is 5.81. The Hall–Kier alpha value is -1.81. The summed E-state index contributed by atoms with van der Waals surface area (Å²) in [7, 11) is 0. The van der Waals surface area contributed by atoms with E-state index in [2.05, 4.69) is 15.0 Å². The number of pyridine rings is 1. The first-order valence-corrected chi connectivity index (χ1v) is 4.69. The van der Waals surface area contributed by atoms with Crippen molar-refractivity contribution in [2.45, 2.75) is 13.0 Å². The van der Waals surface area contributed by atoms with E-state index in [1.54, 1.807) is 24.7 Å². The summed E-state index contributed by atoms with van der Waals surface area (Å²) < 4.78 is 0. The fourth-order valence-electron chi connectivity index (χ4n) is 1.30. The standard InChI is InChI=1S/C11H11N3O/c15-8-10-3-6-13-11(14-10)7-9-1-4-12-5-2-9/h1-6,15H,7-8H2. The monoisotopic (exact) mass is 201 g/mol. The van der Waals surface area contributed by atoms with Gasteiger partial charge in [0, 0.05) is 25.0 Å². The van der Waals surface area contributed by atoms with Crippen molar-refractivity contribution in [2.24, 2.45) is 0 Å². The summed E-state index contributed by atoms with van der Waals surface area (Å²) in [5.74, 6) is 0.716. The Morgan fingerprint density at radius 3 is 2.60 bits per heavy atom. The SMILES string of the molecule is OCc1ccnc(Cc2ccncc2)n1. The maximum Gasteiger partial charge on any atom is 0.133 e. The van der Waals surface area contributed by atoms with Gasteiger partial charge in [-0.05, 0) is 23.8 Å². The van der Waals surface area contributed by atoms with Crippen molar-refractivity contribution in [1.82, 2.24) is 15.0 Å². The van der Waals surface area contributed by atoms with E-state index in [0.717, 1.165) is 5.56 Å². The maximum absolute atomic E-state index is 8.93. The van der Waals surface area contributed by atoms with Gasteiger partial charge in [0.1, 0.15) is 5.82 Å². The van der Waals surface area contributed by atoms with Crippen LogP contribution in [0.5, 0.6) is 0 Å². The predicted octanol–water partition coefficient (Wildman–Crippen LogP) is 0.955. The zero-order valence-corrected chi connectivity index (χ0v) is 8.17. The van der Waals surface area contributed by atoms with Crippen LogP contribution in [0.2, 0.25) is 0 Å². The molecule has 0 spiro atoms. The molecule has 2 heterocycles. The van der Waals surface area contributed by atoms with E-state index in [4.69, 9.17) is 5.11 Å². The first-order valence-electron chi connectivity index (χ1n) is 4.69. The zero-order valence-electron chi connectivity index (χ0n) is 8.17. The van der Waals surface area contributed by atoms with E-state index >= 15 is 0 Å². The molecule has 0 aromatic carbocycles. The van der Waals surface area contributed by atoms with Gasteiger partial charge in [0.15, 0.2) is 0 Å². The van der Waals surface area contributed by atoms with E-state index in [1.165, 1.54) is 0 Å². The first-order chi connectivity index (χ1) is 7.38. The summed E-state index contributed by atoms with van der Waals surface area (Å²) in [5.41, 5.74) is 1.76. The summed E-state index contributed by atoms with van der Waals surface area (Å²) in [6, 6.07) is 5.56. The van der Waals surface area contributed by atoms with Gasteiger partial charge in [-0.15, -0.1) is 0 Å². The molecule has 0 radical (unpaired) electrons. The molecular weight excluding hydrogens is 190 g/mol. The van der Waals surface area contributed by atoms with Crippen molar-refractivity contribution < 1.29 is 5.11 Å². The molecule has 4 heteroatoms. The lowest BCUT2D eigenvalue weighted by molar-refractivity contribution is 0.276. The topological polar surface area (TPSA) is 58.9 Å². The quantitative estimate of drug-likeness (QED) is 0.803. The van der Waals surface area contributed by atoms with Crippen molar-refractivity contribution in [3.8, 4) is 0 Å².